The molecule has 0 amide bonds. The van der Waals surface area contributed by atoms with Gasteiger partial charge in [0.05, 0.1) is 6.04 Å². The van der Waals surface area contributed by atoms with E-state index in [9.17, 15) is 0 Å². The van der Waals surface area contributed by atoms with E-state index in [1.165, 1.54) is 4.88 Å². The fraction of sp³-hybridized carbons (Fsp3) is 0.167. The quantitative estimate of drug-likeness (QED) is 0.861. The summed E-state index contributed by atoms with van der Waals surface area (Å²) in [5.74, 6) is 0. The summed E-state index contributed by atoms with van der Waals surface area (Å²) in [6, 6.07) is 12.8. The maximum Gasteiger partial charge on any atom is 0.0578 e. The van der Waals surface area contributed by atoms with E-state index in [0.717, 1.165) is 10.2 Å². The third-order valence-corrected chi connectivity index (χ3v) is 3.78. The Morgan fingerprint density at radius 3 is 2.53 bits per heavy atom. The molecule has 1 aromatic carbocycles. The van der Waals surface area contributed by atoms with Gasteiger partial charge < -0.3 is 5.32 Å². The zero-order valence-corrected chi connectivity index (χ0v) is 10.8. The molecule has 2 aromatic rings. The molecule has 0 aliphatic heterocycles. The first-order chi connectivity index (χ1) is 7.25. The van der Waals surface area contributed by atoms with E-state index < -0.39 is 0 Å². The predicted octanol–water partition coefficient (Wildman–Crippen LogP) is 4.68. The largest absolute Gasteiger partial charge is 0.378 e. The fourth-order valence-corrected chi connectivity index (χ4v) is 2.40. The van der Waals surface area contributed by atoms with Gasteiger partial charge in [0.2, 0.25) is 0 Å². The van der Waals surface area contributed by atoms with Crippen LogP contribution in [0.4, 0.5) is 5.69 Å². The van der Waals surface area contributed by atoms with Crippen LogP contribution in [0, 0.1) is 0 Å². The minimum Gasteiger partial charge on any atom is -0.378 e. The summed E-state index contributed by atoms with van der Waals surface area (Å²) in [5, 5.41) is 5.57. The summed E-state index contributed by atoms with van der Waals surface area (Å²) in [5.41, 5.74) is 1.15. The summed E-state index contributed by atoms with van der Waals surface area (Å²) in [6.07, 6.45) is 0. The van der Waals surface area contributed by atoms with E-state index in [4.69, 9.17) is 0 Å². The summed E-state index contributed by atoms with van der Waals surface area (Å²) < 4.78 is 1.11. The fourth-order valence-electron chi connectivity index (χ4n) is 1.40. The molecular formula is C12H12BrNS. The Bertz CT molecular complexity index is 408. The number of anilines is 1. The molecule has 0 radical (unpaired) electrons. The van der Waals surface area contributed by atoms with Crippen LogP contribution in [0.5, 0.6) is 0 Å². The highest BCUT2D eigenvalue weighted by molar-refractivity contribution is 9.10. The number of nitrogens with one attached hydrogen (secondary N) is 1. The number of rotatable bonds is 3. The minimum absolute atomic E-state index is 0.367. The van der Waals surface area contributed by atoms with Crippen LogP contribution >= 0.6 is 27.3 Å². The SMILES string of the molecule is C[C@@H](Nc1ccc(Br)cc1)c1cccs1. The lowest BCUT2D eigenvalue weighted by atomic mass is 10.2. The zero-order chi connectivity index (χ0) is 10.7. The van der Waals surface area contributed by atoms with Gasteiger partial charge in [0.15, 0.2) is 0 Å². The molecule has 0 spiro atoms. The van der Waals surface area contributed by atoms with E-state index >= 15 is 0 Å². The average Bonchev–Trinajstić information content (AvgIpc) is 2.74. The van der Waals surface area contributed by atoms with Gasteiger partial charge in [-0.2, -0.15) is 0 Å². The molecule has 0 bridgehead atoms. The Morgan fingerprint density at radius 2 is 1.93 bits per heavy atom. The molecular weight excluding hydrogens is 270 g/mol. The van der Waals surface area contributed by atoms with Crippen LogP contribution in [0.25, 0.3) is 0 Å². The monoisotopic (exact) mass is 281 g/mol. The van der Waals surface area contributed by atoms with Crippen LogP contribution in [0.15, 0.2) is 46.3 Å². The van der Waals surface area contributed by atoms with Crippen molar-refractivity contribution in [3.63, 3.8) is 0 Å². The Labute approximate surface area is 102 Å². The van der Waals surface area contributed by atoms with Gasteiger partial charge in [0, 0.05) is 15.0 Å². The van der Waals surface area contributed by atoms with Crippen LogP contribution in [-0.4, -0.2) is 0 Å². The molecule has 1 aromatic heterocycles. The number of benzene rings is 1. The molecule has 3 heteroatoms. The van der Waals surface area contributed by atoms with E-state index in [2.05, 4.69) is 57.8 Å². The van der Waals surface area contributed by atoms with Crippen molar-refractivity contribution in [2.24, 2.45) is 0 Å². The molecule has 0 fully saturated rings. The Morgan fingerprint density at radius 1 is 1.20 bits per heavy atom. The number of hydrogen-bond donors (Lipinski definition) is 1. The third-order valence-electron chi connectivity index (χ3n) is 2.20. The lowest BCUT2D eigenvalue weighted by molar-refractivity contribution is 0.908. The maximum atomic E-state index is 3.46. The van der Waals surface area contributed by atoms with Gasteiger partial charge in [-0.25, -0.2) is 0 Å². The first-order valence-corrected chi connectivity index (χ1v) is 6.48. The highest BCUT2D eigenvalue weighted by Crippen LogP contribution is 2.23. The van der Waals surface area contributed by atoms with Crippen molar-refractivity contribution in [3.05, 3.63) is 51.1 Å². The molecule has 0 saturated carbocycles. The van der Waals surface area contributed by atoms with Gasteiger partial charge in [0.25, 0.3) is 0 Å². The Balaban J connectivity index is 2.06. The van der Waals surface area contributed by atoms with Crippen LogP contribution in [0.2, 0.25) is 0 Å². The number of hydrogen-bond acceptors (Lipinski definition) is 2. The van der Waals surface area contributed by atoms with E-state index in [0.29, 0.717) is 6.04 Å². The summed E-state index contributed by atoms with van der Waals surface area (Å²) in [7, 11) is 0. The molecule has 0 aliphatic carbocycles. The molecule has 1 atom stereocenters. The summed E-state index contributed by atoms with van der Waals surface area (Å²) in [4.78, 5) is 1.36. The summed E-state index contributed by atoms with van der Waals surface area (Å²) >= 11 is 5.21. The van der Waals surface area contributed by atoms with Crippen molar-refractivity contribution < 1.29 is 0 Å². The minimum atomic E-state index is 0.367. The first kappa shape index (κ1) is 10.7. The zero-order valence-electron chi connectivity index (χ0n) is 8.41. The first-order valence-electron chi connectivity index (χ1n) is 4.81. The van der Waals surface area contributed by atoms with Crippen molar-refractivity contribution >= 4 is 33.0 Å². The van der Waals surface area contributed by atoms with Crippen molar-refractivity contribution in [1.29, 1.82) is 0 Å². The van der Waals surface area contributed by atoms with Crippen molar-refractivity contribution in [2.45, 2.75) is 13.0 Å². The van der Waals surface area contributed by atoms with Gasteiger partial charge >= 0.3 is 0 Å². The van der Waals surface area contributed by atoms with Crippen molar-refractivity contribution in [3.8, 4) is 0 Å². The van der Waals surface area contributed by atoms with E-state index in [-0.39, 0.29) is 0 Å². The molecule has 0 unspecified atom stereocenters. The number of halogens is 1. The van der Waals surface area contributed by atoms with Gasteiger partial charge in [0.1, 0.15) is 0 Å². The smallest absolute Gasteiger partial charge is 0.0578 e. The second kappa shape index (κ2) is 4.81. The molecule has 1 nitrogen and oxygen atoms in total. The Kier molecular flexibility index (Phi) is 3.44. The van der Waals surface area contributed by atoms with Gasteiger partial charge in [-0.05, 0) is 42.6 Å². The normalized spacial score (nSPS) is 12.4. The van der Waals surface area contributed by atoms with Crippen LogP contribution in [0.3, 0.4) is 0 Å². The average molecular weight is 282 g/mol. The van der Waals surface area contributed by atoms with Gasteiger partial charge in [-0.3, -0.25) is 0 Å². The standard InChI is InChI=1S/C12H12BrNS/c1-9(12-3-2-8-15-12)14-11-6-4-10(13)5-7-11/h2-9,14H,1H3/t9-/m1/s1. The van der Waals surface area contributed by atoms with E-state index in [1.54, 1.807) is 11.3 Å². The van der Waals surface area contributed by atoms with Crippen molar-refractivity contribution in [1.82, 2.24) is 0 Å². The molecule has 78 valence electrons. The molecule has 0 aliphatic rings. The third kappa shape index (κ3) is 2.83. The van der Waals surface area contributed by atoms with E-state index in [1.807, 2.05) is 12.1 Å². The molecule has 1 heterocycles. The number of thiophene rings is 1. The summed E-state index contributed by atoms with van der Waals surface area (Å²) in [6.45, 7) is 2.17. The predicted molar refractivity (Wildman–Crippen MR) is 70.5 cm³/mol. The van der Waals surface area contributed by atoms with Crippen LogP contribution < -0.4 is 5.32 Å². The van der Waals surface area contributed by atoms with Gasteiger partial charge in [-0.1, -0.05) is 22.0 Å². The molecule has 15 heavy (non-hydrogen) atoms. The second-order valence-electron chi connectivity index (χ2n) is 3.39. The lowest BCUT2D eigenvalue weighted by Crippen LogP contribution is -2.04. The Hall–Kier alpha value is -0.800. The van der Waals surface area contributed by atoms with Gasteiger partial charge in [-0.15, -0.1) is 11.3 Å². The van der Waals surface area contributed by atoms with Crippen molar-refractivity contribution in [2.75, 3.05) is 5.32 Å². The highest BCUT2D eigenvalue weighted by atomic mass is 79.9. The highest BCUT2D eigenvalue weighted by Gasteiger charge is 2.05. The molecule has 2 rings (SSSR count). The van der Waals surface area contributed by atoms with Crippen LogP contribution in [0.1, 0.15) is 17.8 Å². The maximum absolute atomic E-state index is 3.46. The lowest BCUT2D eigenvalue weighted by Gasteiger charge is -2.13. The molecule has 0 saturated heterocycles. The second-order valence-corrected chi connectivity index (χ2v) is 5.28. The van der Waals surface area contributed by atoms with Crippen LogP contribution in [-0.2, 0) is 0 Å². The molecule has 1 N–H and O–H groups in total. The topological polar surface area (TPSA) is 12.0 Å².